The average Bonchev–Trinajstić information content (AvgIpc) is 3.00. The van der Waals surface area contributed by atoms with Crippen molar-refractivity contribution >= 4 is 29.7 Å². The van der Waals surface area contributed by atoms with Crippen LogP contribution in [-0.2, 0) is 11.3 Å². The number of hydrogen-bond acceptors (Lipinski definition) is 4. The normalized spacial score (nSPS) is 21.3. The van der Waals surface area contributed by atoms with Gasteiger partial charge >= 0.3 is 0 Å². The Morgan fingerprint density at radius 3 is 2.95 bits per heavy atom. The number of rotatable bonds is 7. The Bertz CT molecular complexity index is 419. The van der Waals surface area contributed by atoms with Gasteiger partial charge in [-0.05, 0) is 40.8 Å². The molecule has 0 bridgehead atoms. The fraction of sp³-hybridized carbons (Fsp3) is 0.667. The number of nitrogens with one attached hydrogen (secondary N) is 2. The molecule has 1 unspecified atom stereocenters. The minimum absolute atomic E-state index is 0. The molecule has 4 nitrogen and oxygen atoms in total. The standard InChI is InChI=1S/C15H25N3OS.ClH/c1-13(19)17-6-7-18(9-14-3-8-20-10-14)12-15(2)4-5-16-11-15;/h3,8,10,16H,4-7,9,11-12H2,1-2H3,(H,17,19);1H. The summed E-state index contributed by atoms with van der Waals surface area (Å²) in [4.78, 5) is 13.5. The maximum absolute atomic E-state index is 11.0. The van der Waals surface area contributed by atoms with E-state index in [1.54, 1.807) is 18.3 Å². The lowest BCUT2D eigenvalue weighted by Crippen LogP contribution is -2.40. The highest BCUT2D eigenvalue weighted by Gasteiger charge is 2.30. The molecule has 0 aromatic carbocycles. The van der Waals surface area contributed by atoms with Gasteiger partial charge in [0.05, 0.1) is 0 Å². The van der Waals surface area contributed by atoms with Crippen LogP contribution in [-0.4, -0.2) is 43.5 Å². The third-order valence-electron chi connectivity index (χ3n) is 3.85. The first-order valence-electron chi connectivity index (χ1n) is 7.26. The van der Waals surface area contributed by atoms with Crippen molar-refractivity contribution in [3.05, 3.63) is 22.4 Å². The molecule has 1 aliphatic heterocycles. The molecule has 2 rings (SSSR count). The van der Waals surface area contributed by atoms with E-state index in [0.717, 1.165) is 39.3 Å². The maximum atomic E-state index is 11.0. The summed E-state index contributed by atoms with van der Waals surface area (Å²) in [6, 6.07) is 2.19. The van der Waals surface area contributed by atoms with Crippen molar-refractivity contribution < 1.29 is 4.79 Å². The van der Waals surface area contributed by atoms with Crippen molar-refractivity contribution in [3.8, 4) is 0 Å². The van der Waals surface area contributed by atoms with Gasteiger partial charge in [0.1, 0.15) is 0 Å². The van der Waals surface area contributed by atoms with Crippen LogP contribution in [0.3, 0.4) is 0 Å². The second kappa shape index (κ2) is 8.73. The minimum Gasteiger partial charge on any atom is -0.355 e. The highest BCUT2D eigenvalue weighted by Crippen LogP contribution is 2.26. The molecular weight excluding hydrogens is 306 g/mol. The summed E-state index contributed by atoms with van der Waals surface area (Å²) in [6.45, 7) is 9.82. The smallest absolute Gasteiger partial charge is 0.216 e. The molecule has 1 amide bonds. The monoisotopic (exact) mass is 331 g/mol. The molecule has 0 radical (unpaired) electrons. The SMILES string of the molecule is CC(=O)NCCN(Cc1ccsc1)CC1(C)CCNC1.Cl. The molecule has 1 aliphatic rings. The van der Waals surface area contributed by atoms with Crippen molar-refractivity contribution in [1.29, 1.82) is 0 Å². The lowest BCUT2D eigenvalue weighted by Gasteiger charge is -2.32. The third-order valence-corrected chi connectivity index (χ3v) is 4.58. The number of carbonyl (C=O) groups excluding carboxylic acids is 1. The van der Waals surface area contributed by atoms with Crippen LogP contribution < -0.4 is 10.6 Å². The highest BCUT2D eigenvalue weighted by molar-refractivity contribution is 7.07. The van der Waals surface area contributed by atoms with Crippen LogP contribution in [0.1, 0.15) is 25.8 Å². The first kappa shape index (κ1) is 18.4. The summed E-state index contributed by atoms with van der Waals surface area (Å²) in [6.07, 6.45) is 1.23. The number of nitrogens with zero attached hydrogens (tertiary/aromatic N) is 1. The predicted octanol–water partition coefficient (Wildman–Crippen LogP) is 2.11. The summed E-state index contributed by atoms with van der Waals surface area (Å²) >= 11 is 1.74. The van der Waals surface area contributed by atoms with Crippen molar-refractivity contribution in [1.82, 2.24) is 15.5 Å². The number of carbonyl (C=O) groups is 1. The van der Waals surface area contributed by atoms with E-state index in [9.17, 15) is 4.79 Å². The topological polar surface area (TPSA) is 44.4 Å². The van der Waals surface area contributed by atoms with Crippen LogP contribution in [0.5, 0.6) is 0 Å². The summed E-state index contributed by atoms with van der Waals surface area (Å²) in [5.41, 5.74) is 1.72. The van der Waals surface area contributed by atoms with E-state index >= 15 is 0 Å². The zero-order chi connectivity index (χ0) is 14.4. The Morgan fingerprint density at radius 2 is 2.38 bits per heavy atom. The van der Waals surface area contributed by atoms with Gasteiger partial charge in [0.2, 0.25) is 5.91 Å². The fourth-order valence-electron chi connectivity index (χ4n) is 2.79. The van der Waals surface area contributed by atoms with E-state index in [4.69, 9.17) is 0 Å². The molecule has 1 saturated heterocycles. The van der Waals surface area contributed by atoms with Crippen molar-refractivity contribution in [2.75, 3.05) is 32.7 Å². The lowest BCUT2D eigenvalue weighted by molar-refractivity contribution is -0.119. The number of amides is 1. The second-order valence-corrected chi connectivity index (χ2v) is 6.84. The molecule has 1 aromatic rings. The molecule has 21 heavy (non-hydrogen) atoms. The van der Waals surface area contributed by atoms with Gasteiger partial charge in [0.25, 0.3) is 0 Å². The molecule has 1 atom stereocenters. The van der Waals surface area contributed by atoms with Gasteiger partial charge in [-0.15, -0.1) is 12.4 Å². The van der Waals surface area contributed by atoms with Crippen LogP contribution >= 0.6 is 23.7 Å². The van der Waals surface area contributed by atoms with Crippen LogP contribution in [0.15, 0.2) is 16.8 Å². The molecule has 0 aliphatic carbocycles. The van der Waals surface area contributed by atoms with Crippen molar-refractivity contribution in [3.63, 3.8) is 0 Å². The molecule has 120 valence electrons. The second-order valence-electron chi connectivity index (χ2n) is 6.06. The Kier molecular flexibility index (Phi) is 7.66. The first-order valence-corrected chi connectivity index (χ1v) is 8.20. The molecular formula is C15H26ClN3OS. The molecule has 2 N–H and O–H groups in total. The van der Waals surface area contributed by atoms with Gasteiger partial charge < -0.3 is 10.6 Å². The molecule has 1 aromatic heterocycles. The van der Waals surface area contributed by atoms with E-state index in [0.29, 0.717) is 5.41 Å². The van der Waals surface area contributed by atoms with E-state index in [1.807, 2.05) is 0 Å². The van der Waals surface area contributed by atoms with Gasteiger partial charge in [0, 0.05) is 39.6 Å². The zero-order valence-corrected chi connectivity index (χ0v) is 14.5. The van der Waals surface area contributed by atoms with E-state index in [-0.39, 0.29) is 18.3 Å². The highest BCUT2D eigenvalue weighted by atomic mass is 35.5. The molecule has 0 spiro atoms. The van der Waals surface area contributed by atoms with Crippen LogP contribution in [0, 0.1) is 5.41 Å². The Balaban J connectivity index is 0.00000220. The van der Waals surface area contributed by atoms with Gasteiger partial charge in [-0.25, -0.2) is 0 Å². The largest absolute Gasteiger partial charge is 0.355 e. The number of hydrogen-bond donors (Lipinski definition) is 2. The molecule has 1 fully saturated rings. The molecule has 6 heteroatoms. The van der Waals surface area contributed by atoms with Crippen LogP contribution in [0.4, 0.5) is 0 Å². The Hall–Kier alpha value is -0.620. The number of halogens is 1. The van der Waals surface area contributed by atoms with E-state index in [2.05, 4.69) is 39.3 Å². The van der Waals surface area contributed by atoms with Gasteiger partial charge in [-0.1, -0.05) is 6.92 Å². The zero-order valence-electron chi connectivity index (χ0n) is 12.9. The van der Waals surface area contributed by atoms with E-state index < -0.39 is 0 Å². The quantitative estimate of drug-likeness (QED) is 0.804. The van der Waals surface area contributed by atoms with Crippen molar-refractivity contribution in [2.45, 2.75) is 26.8 Å². The summed E-state index contributed by atoms with van der Waals surface area (Å²) < 4.78 is 0. The maximum Gasteiger partial charge on any atom is 0.216 e. The molecule has 2 heterocycles. The lowest BCUT2D eigenvalue weighted by atomic mass is 9.89. The summed E-state index contributed by atoms with van der Waals surface area (Å²) in [5, 5.41) is 10.7. The minimum atomic E-state index is 0. The van der Waals surface area contributed by atoms with Crippen LogP contribution in [0.2, 0.25) is 0 Å². The van der Waals surface area contributed by atoms with Gasteiger partial charge in [-0.3, -0.25) is 9.69 Å². The average molecular weight is 332 g/mol. The Labute approximate surface area is 137 Å². The Morgan fingerprint density at radius 1 is 1.57 bits per heavy atom. The van der Waals surface area contributed by atoms with Gasteiger partial charge in [0.15, 0.2) is 0 Å². The third kappa shape index (κ3) is 6.34. The fourth-order valence-corrected chi connectivity index (χ4v) is 3.45. The number of thiophene rings is 1. The first-order chi connectivity index (χ1) is 9.57. The van der Waals surface area contributed by atoms with Crippen molar-refractivity contribution in [2.24, 2.45) is 5.41 Å². The summed E-state index contributed by atoms with van der Waals surface area (Å²) in [7, 11) is 0. The van der Waals surface area contributed by atoms with Crippen LogP contribution in [0.25, 0.3) is 0 Å². The van der Waals surface area contributed by atoms with E-state index in [1.165, 1.54) is 12.0 Å². The summed E-state index contributed by atoms with van der Waals surface area (Å²) in [5.74, 6) is 0.0502. The predicted molar refractivity (Wildman–Crippen MR) is 91.1 cm³/mol. The molecule has 0 saturated carbocycles. The van der Waals surface area contributed by atoms with Gasteiger partial charge in [-0.2, -0.15) is 11.3 Å².